The van der Waals surface area contributed by atoms with E-state index in [4.69, 9.17) is 9.47 Å². The summed E-state index contributed by atoms with van der Waals surface area (Å²) < 4.78 is 11.3. The predicted molar refractivity (Wildman–Crippen MR) is 117 cm³/mol. The Morgan fingerprint density at radius 3 is 2.56 bits per heavy atom. The fraction of sp³-hybridized carbons (Fsp3) is 0.304. The number of rotatable bonds is 3. The first kappa shape index (κ1) is 20.2. The number of hydrogen-bond acceptors (Lipinski definition) is 6. The number of nitrogens with zero attached hydrogens (tertiary/aromatic N) is 3. The van der Waals surface area contributed by atoms with E-state index in [0.717, 1.165) is 0 Å². The van der Waals surface area contributed by atoms with Crippen molar-refractivity contribution in [1.82, 2.24) is 15.1 Å². The zero-order valence-electron chi connectivity index (χ0n) is 17.3. The van der Waals surface area contributed by atoms with Crippen molar-refractivity contribution in [2.75, 3.05) is 37.7 Å². The number of aromatic nitrogens is 2. The van der Waals surface area contributed by atoms with Gasteiger partial charge in [0, 0.05) is 18.5 Å². The third-order valence-corrected chi connectivity index (χ3v) is 5.77. The monoisotopic (exact) mass is 434 g/mol. The molecule has 0 aliphatic carbocycles. The highest BCUT2D eigenvalue weighted by atomic mass is 16.5. The molecule has 2 aromatic carbocycles. The van der Waals surface area contributed by atoms with Crippen LogP contribution in [0.15, 0.2) is 53.3 Å². The van der Waals surface area contributed by atoms with Crippen molar-refractivity contribution in [3.63, 3.8) is 0 Å². The van der Waals surface area contributed by atoms with E-state index in [1.54, 1.807) is 52.3 Å². The summed E-state index contributed by atoms with van der Waals surface area (Å²) in [4.78, 5) is 41.8. The highest BCUT2D eigenvalue weighted by molar-refractivity contribution is 6.00. The zero-order chi connectivity index (χ0) is 22.1. The van der Waals surface area contributed by atoms with E-state index in [-0.39, 0.29) is 30.3 Å². The number of para-hydroxylation sites is 2. The maximum absolute atomic E-state index is 13.4. The molecule has 2 aliphatic rings. The lowest BCUT2D eigenvalue weighted by atomic mass is 10.1. The number of carbonyl (C=O) groups excluding carboxylic acids is 2. The first-order valence-electron chi connectivity index (χ1n) is 10.5. The Kier molecular flexibility index (Phi) is 5.32. The summed E-state index contributed by atoms with van der Waals surface area (Å²) in [5, 5.41) is 7.70. The lowest BCUT2D eigenvalue weighted by Gasteiger charge is -2.37. The molecule has 1 atom stereocenters. The van der Waals surface area contributed by atoms with Crippen LogP contribution in [0.5, 0.6) is 5.75 Å². The molecule has 9 heteroatoms. The molecule has 3 aromatic rings. The van der Waals surface area contributed by atoms with Crippen molar-refractivity contribution in [1.29, 1.82) is 0 Å². The van der Waals surface area contributed by atoms with Gasteiger partial charge < -0.3 is 19.3 Å². The van der Waals surface area contributed by atoms with Gasteiger partial charge in [-0.3, -0.25) is 14.4 Å². The van der Waals surface area contributed by atoms with Crippen molar-refractivity contribution >= 4 is 28.3 Å². The molecular weight excluding hydrogens is 412 g/mol. The smallest absolute Gasteiger partial charge is 0.272 e. The largest absolute Gasteiger partial charge is 0.476 e. The third kappa shape index (κ3) is 3.71. The van der Waals surface area contributed by atoms with E-state index < -0.39 is 6.10 Å². The topological polar surface area (TPSA) is 105 Å². The molecule has 32 heavy (non-hydrogen) atoms. The summed E-state index contributed by atoms with van der Waals surface area (Å²) in [6.45, 7) is 2.09. The normalized spacial score (nSPS) is 18.2. The van der Waals surface area contributed by atoms with Gasteiger partial charge in [0.1, 0.15) is 5.75 Å². The van der Waals surface area contributed by atoms with Gasteiger partial charge in [-0.05, 0) is 18.2 Å². The summed E-state index contributed by atoms with van der Waals surface area (Å²) in [5.41, 5.74) is 0.784. The molecule has 1 aromatic heterocycles. The second kappa shape index (κ2) is 8.43. The zero-order valence-corrected chi connectivity index (χ0v) is 17.3. The fourth-order valence-electron chi connectivity index (χ4n) is 4.13. The van der Waals surface area contributed by atoms with E-state index in [9.17, 15) is 14.4 Å². The van der Waals surface area contributed by atoms with E-state index >= 15 is 0 Å². The van der Waals surface area contributed by atoms with Crippen LogP contribution in [0.25, 0.3) is 10.8 Å². The number of anilines is 1. The molecule has 164 valence electrons. The van der Waals surface area contributed by atoms with Crippen LogP contribution in [0.4, 0.5) is 5.69 Å². The summed E-state index contributed by atoms with van der Waals surface area (Å²) in [6.07, 6.45) is -0.823. The molecule has 2 amide bonds. The van der Waals surface area contributed by atoms with Crippen LogP contribution in [0.2, 0.25) is 0 Å². The molecule has 0 bridgehead atoms. The van der Waals surface area contributed by atoms with Crippen LogP contribution in [0.1, 0.15) is 5.69 Å². The van der Waals surface area contributed by atoms with Gasteiger partial charge in [0.05, 0.1) is 42.9 Å². The molecule has 2 aliphatic heterocycles. The third-order valence-electron chi connectivity index (χ3n) is 5.77. The SMILES string of the molecule is O=C([C@@H]1CN(C(=O)Cc2n[nH]c(=O)c3ccccc23)c2ccccc2O1)N1CCOCC1. The number of hydrogen-bond donors (Lipinski definition) is 1. The number of nitrogens with one attached hydrogen (secondary N) is 1. The van der Waals surface area contributed by atoms with Crippen molar-refractivity contribution in [2.24, 2.45) is 0 Å². The Bertz CT molecular complexity index is 1230. The van der Waals surface area contributed by atoms with Crippen LogP contribution in [-0.2, 0) is 20.7 Å². The summed E-state index contributed by atoms with van der Waals surface area (Å²) in [6, 6.07) is 14.2. The lowest BCUT2D eigenvalue weighted by molar-refractivity contribution is -0.142. The van der Waals surface area contributed by atoms with Crippen LogP contribution in [0, 0.1) is 0 Å². The molecule has 0 saturated carbocycles. The molecular formula is C23H22N4O5. The minimum absolute atomic E-state index is 0.0237. The Morgan fingerprint density at radius 1 is 1.03 bits per heavy atom. The number of benzene rings is 2. The molecule has 1 fully saturated rings. The minimum atomic E-state index is -0.799. The van der Waals surface area contributed by atoms with E-state index in [1.165, 1.54) is 0 Å². The number of aromatic amines is 1. The van der Waals surface area contributed by atoms with E-state index in [0.29, 0.717) is 54.2 Å². The first-order chi connectivity index (χ1) is 15.6. The number of carbonyl (C=O) groups is 2. The second-order valence-corrected chi connectivity index (χ2v) is 7.74. The number of morpholine rings is 1. The number of fused-ring (bicyclic) bond motifs is 2. The molecule has 3 heterocycles. The number of ether oxygens (including phenoxy) is 2. The molecule has 1 N–H and O–H groups in total. The number of H-pyrrole nitrogens is 1. The van der Waals surface area contributed by atoms with Crippen LogP contribution >= 0.6 is 0 Å². The first-order valence-corrected chi connectivity index (χ1v) is 10.5. The lowest BCUT2D eigenvalue weighted by Crippen LogP contribution is -2.54. The van der Waals surface area contributed by atoms with E-state index in [1.807, 2.05) is 6.07 Å². The highest BCUT2D eigenvalue weighted by Gasteiger charge is 2.36. The molecule has 0 unspecified atom stereocenters. The van der Waals surface area contributed by atoms with Crippen molar-refractivity contribution in [3.8, 4) is 5.75 Å². The van der Waals surface area contributed by atoms with Gasteiger partial charge in [-0.1, -0.05) is 30.3 Å². The van der Waals surface area contributed by atoms with E-state index in [2.05, 4.69) is 10.2 Å². The van der Waals surface area contributed by atoms with Gasteiger partial charge in [-0.25, -0.2) is 5.10 Å². The number of amides is 2. The van der Waals surface area contributed by atoms with Gasteiger partial charge >= 0.3 is 0 Å². The van der Waals surface area contributed by atoms with Crippen molar-refractivity contribution in [2.45, 2.75) is 12.5 Å². The molecule has 1 saturated heterocycles. The van der Waals surface area contributed by atoms with Gasteiger partial charge in [-0.2, -0.15) is 5.10 Å². The molecule has 9 nitrogen and oxygen atoms in total. The standard InChI is InChI=1S/C23H22N4O5/c28-21(13-17-15-5-1-2-6-16(15)22(29)25-24-17)27-14-20(23(30)26-9-11-31-12-10-26)32-19-8-4-3-7-18(19)27/h1-8,20H,9-14H2,(H,25,29)/t20-/m0/s1. The van der Waals surface area contributed by atoms with Crippen LogP contribution in [0.3, 0.4) is 0 Å². The predicted octanol–water partition coefficient (Wildman–Crippen LogP) is 1.12. The molecule has 0 spiro atoms. The van der Waals surface area contributed by atoms with Crippen molar-refractivity contribution in [3.05, 3.63) is 64.6 Å². The Labute approximate surface area is 183 Å². The Hall–Kier alpha value is -3.72. The van der Waals surface area contributed by atoms with Gasteiger partial charge in [0.15, 0.2) is 6.10 Å². The van der Waals surface area contributed by atoms with Gasteiger partial charge in [0.25, 0.3) is 11.5 Å². The van der Waals surface area contributed by atoms with Crippen LogP contribution in [-0.4, -0.2) is 65.9 Å². The Balaban J connectivity index is 1.44. The maximum atomic E-state index is 13.4. The quantitative estimate of drug-likeness (QED) is 0.662. The highest BCUT2D eigenvalue weighted by Crippen LogP contribution is 2.34. The second-order valence-electron chi connectivity index (χ2n) is 7.74. The summed E-state index contributed by atoms with van der Waals surface area (Å²) >= 11 is 0. The van der Waals surface area contributed by atoms with Gasteiger partial charge in [0.2, 0.25) is 5.91 Å². The van der Waals surface area contributed by atoms with Crippen molar-refractivity contribution < 1.29 is 19.1 Å². The minimum Gasteiger partial charge on any atom is -0.476 e. The Morgan fingerprint density at radius 2 is 1.75 bits per heavy atom. The average molecular weight is 434 g/mol. The average Bonchev–Trinajstić information content (AvgIpc) is 2.85. The fourth-order valence-corrected chi connectivity index (χ4v) is 4.13. The van der Waals surface area contributed by atoms with Crippen LogP contribution < -0.4 is 15.2 Å². The molecule has 0 radical (unpaired) electrons. The maximum Gasteiger partial charge on any atom is 0.272 e. The molecule has 5 rings (SSSR count). The summed E-state index contributed by atoms with van der Waals surface area (Å²) in [5.74, 6) is 0.0939. The van der Waals surface area contributed by atoms with Gasteiger partial charge in [-0.15, -0.1) is 0 Å². The summed E-state index contributed by atoms with van der Waals surface area (Å²) in [7, 11) is 0.